The third-order valence-electron chi connectivity index (χ3n) is 5.41. The van der Waals surface area contributed by atoms with E-state index in [0.29, 0.717) is 34.5 Å². The lowest BCUT2D eigenvalue weighted by Crippen LogP contribution is -2.44. The van der Waals surface area contributed by atoms with Crippen LogP contribution < -0.4 is 16.1 Å². The molecule has 0 aliphatic rings. The number of nitrogens with two attached hydrogens (primary N) is 2. The van der Waals surface area contributed by atoms with E-state index in [9.17, 15) is 9.90 Å². The third-order valence-corrected chi connectivity index (χ3v) is 5.41. The van der Waals surface area contributed by atoms with E-state index < -0.39 is 5.91 Å². The van der Waals surface area contributed by atoms with Crippen LogP contribution in [0.3, 0.4) is 0 Å². The fourth-order valence-corrected chi connectivity index (χ4v) is 3.74. The number of nitrogens with zero attached hydrogens (tertiary/aromatic N) is 6. The summed E-state index contributed by atoms with van der Waals surface area (Å²) in [5.41, 5.74) is 15.2. The van der Waals surface area contributed by atoms with Crippen LogP contribution in [-0.2, 0) is 13.0 Å². The van der Waals surface area contributed by atoms with Crippen LogP contribution in [0, 0.1) is 13.8 Å². The Morgan fingerprint density at radius 3 is 2.65 bits per heavy atom. The quantitative estimate of drug-likeness (QED) is 0.197. The minimum absolute atomic E-state index is 0.00907. The van der Waals surface area contributed by atoms with Crippen molar-refractivity contribution in [2.75, 3.05) is 7.05 Å². The minimum Gasteiger partial charge on any atom is -0.501 e. The summed E-state index contributed by atoms with van der Waals surface area (Å²) in [5.74, 6) is -0.557. The Kier molecular flexibility index (Phi) is 6.09. The highest BCUT2D eigenvalue weighted by molar-refractivity contribution is 6.09. The zero-order chi connectivity index (χ0) is 24.4. The van der Waals surface area contributed by atoms with Crippen molar-refractivity contribution in [1.82, 2.24) is 19.9 Å². The maximum absolute atomic E-state index is 12.0. The number of carbonyl (C=O) groups is 1. The fraction of sp³-hybridized carbons (Fsp3) is 0.217. The van der Waals surface area contributed by atoms with Crippen molar-refractivity contribution in [2.45, 2.75) is 26.8 Å². The van der Waals surface area contributed by atoms with Gasteiger partial charge in [0, 0.05) is 24.5 Å². The van der Waals surface area contributed by atoms with Crippen molar-refractivity contribution >= 4 is 28.6 Å². The molecule has 0 aliphatic carbocycles. The van der Waals surface area contributed by atoms with Gasteiger partial charge in [-0.05, 0) is 25.5 Å². The number of aryl methyl sites for hydroxylation is 4. The van der Waals surface area contributed by atoms with Crippen LogP contribution in [-0.4, -0.2) is 49.7 Å². The van der Waals surface area contributed by atoms with E-state index in [0.717, 1.165) is 12.0 Å². The number of hydrogen-bond acceptors (Lipinski definition) is 5. The highest BCUT2D eigenvalue weighted by Crippen LogP contribution is 2.20. The van der Waals surface area contributed by atoms with Crippen LogP contribution in [0.4, 0.5) is 0 Å². The largest absolute Gasteiger partial charge is 0.501 e. The summed E-state index contributed by atoms with van der Waals surface area (Å²) in [4.78, 5) is 24.9. The summed E-state index contributed by atoms with van der Waals surface area (Å²) >= 11 is 0. The molecule has 0 atom stereocenters. The maximum atomic E-state index is 12.0. The van der Waals surface area contributed by atoms with Gasteiger partial charge < -0.3 is 16.6 Å². The van der Waals surface area contributed by atoms with Gasteiger partial charge in [0.25, 0.3) is 5.91 Å². The van der Waals surface area contributed by atoms with Crippen molar-refractivity contribution < 1.29 is 14.6 Å². The number of aromatic hydroxyl groups is 1. The molecule has 3 aromatic heterocycles. The monoisotopic (exact) mass is 460 g/mol. The molecule has 0 saturated heterocycles. The first-order valence-electron chi connectivity index (χ1n) is 10.6. The highest BCUT2D eigenvalue weighted by atomic mass is 16.3. The summed E-state index contributed by atoms with van der Waals surface area (Å²) in [7, 11) is 1.52. The number of pyridine rings is 1. The van der Waals surface area contributed by atoms with Crippen LogP contribution in [0.15, 0.2) is 52.6 Å². The van der Waals surface area contributed by atoms with Crippen molar-refractivity contribution in [3.63, 3.8) is 0 Å². The van der Waals surface area contributed by atoms with E-state index in [-0.39, 0.29) is 23.2 Å². The first-order valence-corrected chi connectivity index (χ1v) is 10.6. The van der Waals surface area contributed by atoms with Crippen LogP contribution >= 0.6 is 0 Å². The number of carbonyl (C=O) groups excluding carboxylic acids is 1. The minimum atomic E-state index is -0.681. The zero-order valence-corrected chi connectivity index (χ0v) is 19.1. The molecule has 11 nitrogen and oxygen atoms in total. The molecule has 1 aromatic carbocycles. The SMILES string of the molecule is CN=C(/N=C(\N)c1c(O)c(C)[nH][n+]1CCc1ccccc1)n1nc(C(N)=O)c2cc(C)ncc21. The zero-order valence-electron chi connectivity index (χ0n) is 19.1. The summed E-state index contributed by atoms with van der Waals surface area (Å²) < 4.78 is 3.10. The molecule has 0 unspecified atom stereocenters. The molecule has 0 radical (unpaired) electrons. The molecule has 0 fully saturated rings. The fourth-order valence-electron chi connectivity index (χ4n) is 3.74. The van der Waals surface area contributed by atoms with Gasteiger partial charge in [0.2, 0.25) is 17.5 Å². The number of nitrogens with one attached hydrogen (secondary N) is 1. The summed E-state index contributed by atoms with van der Waals surface area (Å²) in [5, 5.41) is 18.6. The molecule has 0 saturated carbocycles. The first-order chi connectivity index (χ1) is 16.3. The Balaban J connectivity index is 1.74. The molecule has 0 aliphatic heterocycles. The Labute approximate surface area is 195 Å². The van der Waals surface area contributed by atoms with Gasteiger partial charge in [0.15, 0.2) is 12.2 Å². The summed E-state index contributed by atoms with van der Waals surface area (Å²) in [6.07, 6.45) is 2.29. The first kappa shape index (κ1) is 22.6. The van der Waals surface area contributed by atoms with Gasteiger partial charge in [0.1, 0.15) is 5.69 Å². The molecule has 4 aromatic rings. The van der Waals surface area contributed by atoms with E-state index in [1.165, 1.54) is 11.7 Å². The molecule has 1 amide bonds. The number of amidine groups is 1. The number of rotatable bonds is 5. The number of aliphatic imine (C=N–C) groups is 2. The number of primary amides is 1. The lowest BCUT2D eigenvalue weighted by atomic mass is 10.1. The average Bonchev–Trinajstić information content (AvgIpc) is 3.33. The molecule has 34 heavy (non-hydrogen) atoms. The van der Waals surface area contributed by atoms with Crippen molar-refractivity contribution in [3.8, 4) is 5.75 Å². The van der Waals surface area contributed by atoms with Crippen LogP contribution in [0.1, 0.15) is 33.1 Å². The Morgan fingerprint density at radius 2 is 1.97 bits per heavy atom. The van der Waals surface area contributed by atoms with E-state index in [1.54, 1.807) is 30.8 Å². The van der Waals surface area contributed by atoms with E-state index in [4.69, 9.17) is 11.5 Å². The molecule has 0 spiro atoms. The summed E-state index contributed by atoms with van der Waals surface area (Å²) in [6.45, 7) is 4.08. The number of benzene rings is 1. The standard InChI is InChI=1S/C23H25N9O2/c1-13-11-16-17(12-27-13)32(30-18(16)22(25)34)23(26-3)28-21(24)19-20(33)14(2)29-31(19)10-9-15-7-5-4-6-8-15/h4-8,11-12H,9-10H2,1-3H3,(H5,24,25,26,28,33,34)/p+1. The third kappa shape index (κ3) is 4.22. The number of hydrogen-bond donors (Lipinski definition) is 4. The number of amides is 1. The van der Waals surface area contributed by atoms with Crippen LogP contribution in [0.5, 0.6) is 5.75 Å². The van der Waals surface area contributed by atoms with Gasteiger partial charge in [-0.15, -0.1) is 4.68 Å². The van der Waals surface area contributed by atoms with Crippen molar-refractivity contribution in [1.29, 1.82) is 0 Å². The summed E-state index contributed by atoms with van der Waals surface area (Å²) in [6, 6.07) is 11.7. The second kappa shape index (κ2) is 9.14. The lowest BCUT2D eigenvalue weighted by Gasteiger charge is -2.04. The predicted octanol–water partition coefficient (Wildman–Crippen LogP) is 0.950. The molecular formula is C23H26N9O2+. The number of aromatic amines is 1. The normalized spacial score (nSPS) is 12.4. The number of H-pyrrole nitrogens is 1. The van der Waals surface area contributed by atoms with Gasteiger partial charge in [-0.3, -0.25) is 14.8 Å². The Morgan fingerprint density at radius 1 is 1.24 bits per heavy atom. The van der Waals surface area contributed by atoms with Crippen molar-refractivity contribution in [3.05, 3.63) is 70.9 Å². The number of fused-ring (bicyclic) bond motifs is 1. The van der Waals surface area contributed by atoms with Gasteiger partial charge in [-0.25, -0.2) is 0 Å². The molecule has 3 heterocycles. The molecule has 0 bridgehead atoms. The number of aromatic nitrogens is 5. The second-order valence-corrected chi connectivity index (χ2v) is 7.81. The van der Waals surface area contributed by atoms with Crippen LogP contribution in [0.2, 0.25) is 0 Å². The smallest absolute Gasteiger partial charge is 0.315 e. The van der Waals surface area contributed by atoms with Gasteiger partial charge >= 0.3 is 5.69 Å². The van der Waals surface area contributed by atoms with Crippen LogP contribution in [0.25, 0.3) is 10.9 Å². The van der Waals surface area contributed by atoms with E-state index in [2.05, 4.69) is 25.2 Å². The second-order valence-electron chi connectivity index (χ2n) is 7.81. The van der Waals surface area contributed by atoms with Gasteiger partial charge in [-0.1, -0.05) is 30.3 Å². The van der Waals surface area contributed by atoms with E-state index in [1.807, 2.05) is 30.3 Å². The molecule has 6 N–H and O–H groups in total. The average molecular weight is 461 g/mol. The van der Waals surface area contributed by atoms with Crippen molar-refractivity contribution in [2.24, 2.45) is 21.5 Å². The lowest BCUT2D eigenvalue weighted by molar-refractivity contribution is -0.751. The topological polar surface area (TPSA) is 164 Å². The molecular weight excluding hydrogens is 434 g/mol. The highest BCUT2D eigenvalue weighted by Gasteiger charge is 2.27. The van der Waals surface area contributed by atoms with Gasteiger partial charge in [-0.2, -0.15) is 19.9 Å². The molecule has 11 heteroatoms. The van der Waals surface area contributed by atoms with Gasteiger partial charge in [0.05, 0.1) is 11.7 Å². The maximum Gasteiger partial charge on any atom is 0.315 e. The Bertz CT molecular complexity index is 1430. The predicted molar refractivity (Wildman–Crippen MR) is 128 cm³/mol. The Hall–Kier alpha value is -4.54. The van der Waals surface area contributed by atoms with E-state index >= 15 is 0 Å². The molecule has 4 rings (SSSR count). The molecule has 174 valence electrons.